The summed E-state index contributed by atoms with van der Waals surface area (Å²) in [5.41, 5.74) is 5.82. The fourth-order valence-corrected chi connectivity index (χ4v) is 6.30. The molecule has 0 radical (unpaired) electrons. The topological polar surface area (TPSA) is 111 Å². The molecule has 1 aliphatic heterocycles. The van der Waals surface area contributed by atoms with Gasteiger partial charge in [0.05, 0.1) is 29.7 Å². The minimum absolute atomic E-state index is 0.0310. The Morgan fingerprint density at radius 1 is 1.17 bits per heavy atom. The minimum Gasteiger partial charge on any atom is -0.351 e. The number of benzene rings is 2. The number of sulfone groups is 1. The largest absolute Gasteiger partial charge is 0.351 e. The van der Waals surface area contributed by atoms with Crippen LogP contribution >= 0.6 is 0 Å². The van der Waals surface area contributed by atoms with Gasteiger partial charge in [-0.1, -0.05) is 51.1 Å². The van der Waals surface area contributed by atoms with Gasteiger partial charge in [-0.05, 0) is 29.2 Å². The average molecular weight is 518 g/mol. The third-order valence-electron chi connectivity index (χ3n) is 6.39. The van der Waals surface area contributed by atoms with E-state index in [4.69, 9.17) is 5.73 Å². The molecule has 4 rings (SSSR count). The second-order valence-electron chi connectivity index (χ2n) is 10.1. The van der Waals surface area contributed by atoms with Crippen LogP contribution in [0.2, 0.25) is 0 Å². The molecule has 1 saturated heterocycles. The number of aromatic nitrogens is 3. The molecule has 2 atom stereocenters. The first kappa shape index (κ1) is 25.7. The van der Waals surface area contributed by atoms with Crippen molar-refractivity contribution in [3.8, 4) is 11.4 Å². The predicted octanol–water partition coefficient (Wildman–Crippen LogP) is 3.58. The second-order valence-corrected chi connectivity index (χ2v) is 12.3. The molecule has 0 spiro atoms. The number of carbonyl (C=O) groups is 1. The number of amides is 2. The third kappa shape index (κ3) is 5.40. The van der Waals surface area contributed by atoms with Crippen LogP contribution in [0, 0.1) is 17.0 Å². The lowest BCUT2D eigenvalue weighted by molar-refractivity contribution is 0.141. The Hall–Kier alpha value is -3.34. The van der Waals surface area contributed by atoms with Gasteiger partial charge in [0.2, 0.25) is 0 Å². The molecule has 0 bridgehead atoms. The monoisotopic (exact) mass is 517 g/mol. The lowest BCUT2D eigenvalue weighted by Gasteiger charge is -2.43. The van der Waals surface area contributed by atoms with Crippen LogP contribution in [-0.4, -0.2) is 58.2 Å². The van der Waals surface area contributed by atoms with E-state index in [1.807, 2.05) is 51.1 Å². The van der Waals surface area contributed by atoms with Gasteiger partial charge < -0.3 is 10.6 Å². The number of nitrogens with two attached hydrogens (primary N) is 1. The standard InChI is InChI=1S/C25H29F2N5O3S/c1-25(2,3)21(20-15-36(34,35)12-11-31(20)24(28)33)23-29-22(18-13-17(26)9-10-19(18)27)30-32(23)14-16-7-5-4-6-8-16/h4-10,13,20-21H,11-12,14-15H2,1-3H3,(H2,28,33)/t20?,21-/m1/s1. The molecule has 36 heavy (non-hydrogen) atoms. The minimum atomic E-state index is -3.46. The quantitative estimate of drug-likeness (QED) is 0.556. The number of rotatable bonds is 5. The van der Waals surface area contributed by atoms with Crippen LogP contribution in [-0.2, 0) is 16.4 Å². The van der Waals surface area contributed by atoms with Crippen molar-refractivity contribution in [1.29, 1.82) is 0 Å². The normalized spacial score (nSPS) is 18.7. The van der Waals surface area contributed by atoms with Gasteiger partial charge in [-0.25, -0.2) is 31.7 Å². The Labute approximate surface area is 209 Å². The van der Waals surface area contributed by atoms with E-state index in [0.29, 0.717) is 5.82 Å². The van der Waals surface area contributed by atoms with Gasteiger partial charge in [0, 0.05) is 12.5 Å². The summed E-state index contributed by atoms with van der Waals surface area (Å²) in [6, 6.07) is 10.9. The summed E-state index contributed by atoms with van der Waals surface area (Å²) in [7, 11) is -3.46. The Kier molecular flexibility index (Phi) is 6.87. The Bertz CT molecular complexity index is 1370. The first-order valence-corrected chi connectivity index (χ1v) is 13.4. The highest BCUT2D eigenvalue weighted by Crippen LogP contribution is 2.41. The maximum Gasteiger partial charge on any atom is 0.315 e. The maximum atomic E-state index is 14.7. The van der Waals surface area contributed by atoms with Crippen LogP contribution < -0.4 is 5.73 Å². The van der Waals surface area contributed by atoms with Gasteiger partial charge in [0.25, 0.3) is 0 Å². The highest BCUT2D eigenvalue weighted by Gasteiger charge is 2.46. The van der Waals surface area contributed by atoms with E-state index in [1.165, 1.54) is 4.90 Å². The van der Waals surface area contributed by atoms with Crippen LogP contribution in [0.4, 0.5) is 13.6 Å². The van der Waals surface area contributed by atoms with E-state index in [-0.39, 0.29) is 36.0 Å². The lowest BCUT2D eigenvalue weighted by Crippen LogP contribution is -2.57. The maximum absolute atomic E-state index is 14.7. The molecular formula is C25H29F2N5O3S. The van der Waals surface area contributed by atoms with Crippen LogP contribution in [0.25, 0.3) is 11.4 Å². The number of nitrogens with zero attached hydrogens (tertiary/aromatic N) is 4. The van der Waals surface area contributed by atoms with Crippen molar-refractivity contribution >= 4 is 15.9 Å². The van der Waals surface area contributed by atoms with Crippen LogP contribution in [0.15, 0.2) is 48.5 Å². The molecule has 2 N–H and O–H groups in total. The summed E-state index contributed by atoms with van der Waals surface area (Å²) in [6.45, 7) is 5.93. The van der Waals surface area contributed by atoms with Gasteiger partial charge in [-0.15, -0.1) is 0 Å². The molecule has 2 heterocycles. The van der Waals surface area contributed by atoms with Crippen LogP contribution in [0.3, 0.4) is 0 Å². The molecule has 2 amide bonds. The molecule has 192 valence electrons. The third-order valence-corrected chi connectivity index (χ3v) is 8.05. The number of primary amides is 1. The number of hydrogen-bond acceptors (Lipinski definition) is 5. The number of urea groups is 1. The average Bonchev–Trinajstić information content (AvgIpc) is 3.17. The highest BCUT2D eigenvalue weighted by molar-refractivity contribution is 7.91. The summed E-state index contributed by atoms with van der Waals surface area (Å²) >= 11 is 0. The summed E-state index contributed by atoms with van der Waals surface area (Å²) < 4.78 is 55.6. The van der Waals surface area contributed by atoms with E-state index < -0.39 is 44.9 Å². The van der Waals surface area contributed by atoms with E-state index in [9.17, 15) is 22.0 Å². The Morgan fingerprint density at radius 2 is 1.86 bits per heavy atom. The SMILES string of the molecule is CC(C)(C)[C@@H](c1nc(-c2cc(F)ccc2F)nn1Cc1ccccc1)C1CS(=O)(=O)CCN1C(N)=O. The fourth-order valence-electron chi connectivity index (χ4n) is 4.76. The van der Waals surface area contributed by atoms with Gasteiger partial charge in [-0.2, -0.15) is 5.10 Å². The first-order valence-electron chi connectivity index (χ1n) is 11.6. The van der Waals surface area contributed by atoms with Crippen molar-refractivity contribution < 1.29 is 22.0 Å². The summed E-state index contributed by atoms with van der Waals surface area (Å²) in [6.07, 6.45) is 0. The lowest BCUT2D eigenvalue weighted by atomic mass is 9.75. The molecule has 3 aromatic rings. The van der Waals surface area contributed by atoms with E-state index >= 15 is 0 Å². The fraction of sp³-hybridized carbons (Fsp3) is 0.400. The number of halogens is 2. The molecule has 1 fully saturated rings. The van der Waals surface area contributed by atoms with E-state index in [0.717, 1.165) is 23.8 Å². The van der Waals surface area contributed by atoms with E-state index in [2.05, 4.69) is 10.1 Å². The molecule has 0 aliphatic carbocycles. The second kappa shape index (κ2) is 9.61. The molecule has 1 aromatic heterocycles. The van der Waals surface area contributed by atoms with Crippen LogP contribution in [0.5, 0.6) is 0 Å². The van der Waals surface area contributed by atoms with Crippen molar-refractivity contribution in [3.63, 3.8) is 0 Å². The summed E-state index contributed by atoms with van der Waals surface area (Å²) in [5, 5.41) is 4.53. The van der Waals surface area contributed by atoms with Crippen molar-refractivity contribution in [1.82, 2.24) is 19.7 Å². The molecule has 2 aromatic carbocycles. The Morgan fingerprint density at radius 3 is 2.50 bits per heavy atom. The molecule has 8 nitrogen and oxygen atoms in total. The molecule has 11 heteroatoms. The van der Waals surface area contributed by atoms with Crippen molar-refractivity contribution in [2.75, 3.05) is 18.1 Å². The first-order chi connectivity index (χ1) is 16.9. The zero-order valence-electron chi connectivity index (χ0n) is 20.4. The van der Waals surface area contributed by atoms with Gasteiger partial charge in [-0.3, -0.25) is 0 Å². The van der Waals surface area contributed by atoms with Crippen LogP contribution in [0.1, 0.15) is 38.1 Å². The molecule has 0 saturated carbocycles. The number of carbonyl (C=O) groups excluding carboxylic acids is 1. The smallest absolute Gasteiger partial charge is 0.315 e. The zero-order chi connectivity index (χ0) is 26.3. The zero-order valence-corrected chi connectivity index (χ0v) is 21.2. The Balaban J connectivity index is 1.92. The highest BCUT2D eigenvalue weighted by atomic mass is 32.2. The molecule has 1 aliphatic rings. The summed E-state index contributed by atoms with van der Waals surface area (Å²) in [5.74, 6) is -2.11. The van der Waals surface area contributed by atoms with E-state index in [1.54, 1.807) is 4.68 Å². The molecular weight excluding hydrogens is 488 g/mol. The van der Waals surface area contributed by atoms with Gasteiger partial charge in [0.1, 0.15) is 17.5 Å². The molecule has 1 unspecified atom stereocenters. The van der Waals surface area contributed by atoms with Crippen molar-refractivity contribution in [2.45, 2.75) is 39.3 Å². The van der Waals surface area contributed by atoms with Gasteiger partial charge >= 0.3 is 6.03 Å². The predicted molar refractivity (Wildman–Crippen MR) is 132 cm³/mol. The van der Waals surface area contributed by atoms with Gasteiger partial charge in [0.15, 0.2) is 15.7 Å². The van der Waals surface area contributed by atoms with Crippen molar-refractivity contribution in [3.05, 3.63) is 71.6 Å². The summed E-state index contributed by atoms with van der Waals surface area (Å²) in [4.78, 5) is 18.3. The van der Waals surface area contributed by atoms with Crippen molar-refractivity contribution in [2.24, 2.45) is 11.1 Å². The number of hydrogen-bond donors (Lipinski definition) is 1.